The predicted molar refractivity (Wildman–Crippen MR) is 105 cm³/mol. The number of hydrogen-bond acceptors (Lipinski definition) is 3. The largest absolute Gasteiger partial charge is 0.346 e. The molecular formula is C21H23N3O3. The summed E-state index contributed by atoms with van der Waals surface area (Å²) in [4.78, 5) is 36.9. The minimum atomic E-state index is -0.175. The Morgan fingerprint density at radius 3 is 2.48 bits per heavy atom. The molecule has 0 aliphatic carbocycles. The van der Waals surface area contributed by atoms with Crippen LogP contribution in [0.4, 0.5) is 11.4 Å². The van der Waals surface area contributed by atoms with Gasteiger partial charge in [-0.05, 0) is 54.8 Å². The number of benzene rings is 2. The molecule has 3 rings (SSSR count). The van der Waals surface area contributed by atoms with Gasteiger partial charge >= 0.3 is 0 Å². The topological polar surface area (TPSA) is 78.5 Å². The third-order valence-corrected chi connectivity index (χ3v) is 4.86. The predicted octanol–water partition coefficient (Wildman–Crippen LogP) is 3.05. The lowest BCUT2D eigenvalue weighted by molar-refractivity contribution is -0.117. The number of nitrogens with one attached hydrogen (secondary N) is 2. The van der Waals surface area contributed by atoms with Crippen LogP contribution in [0.1, 0.15) is 47.8 Å². The molecule has 2 aromatic rings. The van der Waals surface area contributed by atoms with E-state index in [9.17, 15) is 14.4 Å². The smallest absolute Gasteiger partial charge is 0.251 e. The van der Waals surface area contributed by atoms with E-state index in [1.54, 1.807) is 31.3 Å². The van der Waals surface area contributed by atoms with E-state index in [4.69, 9.17) is 0 Å². The second-order valence-electron chi connectivity index (χ2n) is 6.78. The molecule has 0 spiro atoms. The summed E-state index contributed by atoms with van der Waals surface area (Å²) in [5.41, 5.74) is 4.20. The molecule has 1 aliphatic heterocycles. The van der Waals surface area contributed by atoms with Gasteiger partial charge in [-0.3, -0.25) is 14.4 Å². The van der Waals surface area contributed by atoms with Crippen LogP contribution >= 0.6 is 0 Å². The number of hydrogen-bond donors (Lipinski definition) is 2. The lowest BCUT2D eigenvalue weighted by Gasteiger charge is -2.20. The van der Waals surface area contributed by atoms with Gasteiger partial charge < -0.3 is 15.5 Å². The third-order valence-electron chi connectivity index (χ3n) is 4.86. The van der Waals surface area contributed by atoms with Gasteiger partial charge in [-0.25, -0.2) is 0 Å². The fourth-order valence-electron chi connectivity index (χ4n) is 3.05. The second-order valence-corrected chi connectivity index (χ2v) is 6.78. The second kappa shape index (κ2) is 7.61. The summed E-state index contributed by atoms with van der Waals surface area (Å²) < 4.78 is 0. The first-order chi connectivity index (χ1) is 12.8. The van der Waals surface area contributed by atoms with Crippen molar-refractivity contribution in [3.05, 3.63) is 59.2 Å². The van der Waals surface area contributed by atoms with Gasteiger partial charge in [0.25, 0.3) is 5.91 Å². The highest BCUT2D eigenvalue weighted by Gasteiger charge is 2.17. The van der Waals surface area contributed by atoms with Crippen LogP contribution in [0.2, 0.25) is 0 Å². The first kappa shape index (κ1) is 18.6. The summed E-state index contributed by atoms with van der Waals surface area (Å²) in [5, 5.41) is 5.85. The van der Waals surface area contributed by atoms with Crippen molar-refractivity contribution in [3.63, 3.8) is 0 Å². The number of fused-ring (bicyclic) bond motifs is 1. The van der Waals surface area contributed by atoms with Gasteiger partial charge in [0, 0.05) is 37.3 Å². The van der Waals surface area contributed by atoms with E-state index in [1.165, 1.54) is 11.8 Å². The Kier molecular flexibility index (Phi) is 5.26. The summed E-state index contributed by atoms with van der Waals surface area (Å²) in [6.45, 7) is 3.42. The SMILES string of the molecule is CC(=O)N(C)c1ccc(C(=O)NC(C)c2ccc3c(c2)CCC(=O)N3)cc1. The van der Waals surface area contributed by atoms with Crippen LogP contribution < -0.4 is 15.5 Å². The minimum absolute atomic E-state index is 0.0375. The number of carbonyl (C=O) groups excluding carboxylic acids is 3. The van der Waals surface area contributed by atoms with Crippen LogP contribution in [-0.4, -0.2) is 24.8 Å². The van der Waals surface area contributed by atoms with Crippen molar-refractivity contribution in [2.75, 3.05) is 17.3 Å². The minimum Gasteiger partial charge on any atom is -0.346 e. The number of carbonyl (C=O) groups is 3. The summed E-state index contributed by atoms with van der Waals surface area (Å²) in [6.07, 6.45) is 1.19. The molecule has 0 fully saturated rings. The highest BCUT2D eigenvalue weighted by atomic mass is 16.2. The summed E-state index contributed by atoms with van der Waals surface area (Å²) in [5.74, 6) is -0.203. The number of rotatable bonds is 4. The Balaban J connectivity index is 1.69. The van der Waals surface area contributed by atoms with Crippen LogP contribution in [0.15, 0.2) is 42.5 Å². The molecule has 0 aromatic heterocycles. The van der Waals surface area contributed by atoms with Crippen molar-refractivity contribution >= 4 is 29.1 Å². The highest BCUT2D eigenvalue weighted by molar-refractivity contribution is 5.96. The Labute approximate surface area is 158 Å². The Hall–Kier alpha value is -3.15. The van der Waals surface area contributed by atoms with Crippen LogP contribution in [0, 0.1) is 0 Å². The van der Waals surface area contributed by atoms with Crippen molar-refractivity contribution < 1.29 is 14.4 Å². The number of aryl methyl sites for hydroxylation is 1. The zero-order chi connectivity index (χ0) is 19.6. The molecule has 2 aromatic carbocycles. The standard InChI is InChI=1S/C21H23N3O3/c1-13(16-6-10-19-17(12-16)7-11-20(26)23-19)22-21(27)15-4-8-18(9-5-15)24(3)14(2)25/h4-6,8-10,12-13H,7,11H2,1-3H3,(H,22,27)(H,23,26). The van der Waals surface area contributed by atoms with E-state index in [1.807, 2.05) is 25.1 Å². The average molecular weight is 365 g/mol. The normalized spacial score (nSPS) is 14.0. The molecule has 1 aliphatic rings. The molecule has 140 valence electrons. The van der Waals surface area contributed by atoms with Gasteiger partial charge in [0.15, 0.2) is 0 Å². The van der Waals surface area contributed by atoms with E-state index in [0.29, 0.717) is 18.4 Å². The fourth-order valence-corrected chi connectivity index (χ4v) is 3.05. The van der Waals surface area contributed by atoms with E-state index >= 15 is 0 Å². The van der Waals surface area contributed by atoms with Crippen molar-refractivity contribution in [2.24, 2.45) is 0 Å². The van der Waals surface area contributed by atoms with Crippen molar-refractivity contribution in [1.82, 2.24) is 5.32 Å². The lowest BCUT2D eigenvalue weighted by atomic mass is 9.97. The Bertz CT molecular complexity index is 890. The average Bonchev–Trinajstić information content (AvgIpc) is 2.66. The van der Waals surface area contributed by atoms with Gasteiger partial charge in [0.05, 0.1) is 6.04 Å². The maximum absolute atomic E-state index is 12.5. The van der Waals surface area contributed by atoms with Gasteiger partial charge in [-0.15, -0.1) is 0 Å². The lowest BCUT2D eigenvalue weighted by Crippen LogP contribution is -2.27. The van der Waals surface area contributed by atoms with Crippen molar-refractivity contribution in [1.29, 1.82) is 0 Å². The molecule has 2 N–H and O–H groups in total. The molecule has 3 amide bonds. The highest BCUT2D eigenvalue weighted by Crippen LogP contribution is 2.26. The fraction of sp³-hybridized carbons (Fsp3) is 0.286. The first-order valence-electron chi connectivity index (χ1n) is 8.93. The van der Waals surface area contributed by atoms with Crippen LogP contribution in [0.5, 0.6) is 0 Å². The summed E-state index contributed by atoms with van der Waals surface area (Å²) in [6, 6.07) is 12.6. The number of anilines is 2. The molecule has 6 heteroatoms. The monoisotopic (exact) mass is 365 g/mol. The molecule has 0 saturated heterocycles. The molecular weight excluding hydrogens is 342 g/mol. The Morgan fingerprint density at radius 2 is 1.81 bits per heavy atom. The Morgan fingerprint density at radius 1 is 1.11 bits per heavy atom. The molecule has 1 atom stereocenters. The van der Waals surface area contributed by atoms with Crippen molar-refractivity contribution in [2.45, 2.75) is 32.7 Å². The quantitative estimate of drug-likeness (QED) is 0.874. The van der Waals surface area contributed by atoms with Gasteiger partial charge in [-0.1, -0.05) is 12.1 Å². The number of nitrogens with zero attached hydrogens (tertiary/aromatic N) is 1. The molecule has 1 unspecified atom stereocenters. The van der Waals surface area contributed by atoms with Crippen LogP contribution in [0.25, 0.3) is 0 Å². The first-order valence-corrected chi connectivity index (χ1v) is 8.93. The molecule has 1 heterocycles. The van der Waals surface area contributed by atoms with E-state index in [0.717, 1.165) is 22.5 Å². The van der Waals surface area contributed by atoms with Gasteiger partial charge in [-0.2, -0.15) is 0 Å². The number of amides is 3. The molecule has 0 radical (unpaired) electrons. The zero-order valence-electron chi connectivity index (χ0n) is 15.7. The van der Waals surface area contributed by atoms with Gasteiger partial charge in [0.1, 0.15) is 0 Å². The summed E-state index contributed by atoms with van der Waals surface area (Å²) >= 11 is 0. The van der Waals surface area contributed by atoms with E-state index in [-0.39, 0.29) is 23.8 Å². The molecule has 27 heavy (non-hydrogen) atoms. The van der Waals surface area contributed by atoms with Gasteiger partial charge in [0.2, 0.25) is 11.8 Å². The van der Waals surface area contributed by atoms with E-state index < -0.39 is 0 Å². The maximum atomic E-state index is 12.5. The molecule has 0 bridgehead atoms. The molecule has 0 saturated carbocycles. The van der Waals surface area contributed by atoms with E-state index in [2.05, 4.69) is 10.6 Å². The van der Waals surface area contributed by atoms with Crippen LogP contribution in [0.3, 0.4) is 0 Å². The maximum Gasteiger partial charge on any atom is 0.251 e. The zero-order valence-corrected chi connectivity index (χ0v) is 15.7. The van der Waals surface area contributed by atoms with Crippen LogP contribution in [-0.2, 0) is 16.0 Å². The summed E-state index contributed by atoms with van der Waals surface area (Å²) in [7, 11) is 1.69. The van der Waals surface area contributed by atoms with Crippen molar-refractivity contribution in [3.8, 4) is 0 Å². The molecule has 6 nitrogen and oxygen atoms in total. The third kappa shape index (κ3) is 4.16.